The van der Waals surface area contributed by atoms with Crippen LogP contribution in [0.2, 0.25) is 0 Å². The van der Waals surface area contributed by atoms with E-state index in [0.29, 0.717) is 3.07 Å². The van der Waals surface area contributed by atoms with E-state index in [1.165, 1.54) is 12.1 Å². The Hall–Kier alpha value is -0.465. The molecule has 0 amide bonds. The van der Waals surface area contributed by atoms with Crippen LogP contribution in [0, 0.1) is 0 Å². The number of carbonyl (C=O) groups is 1. The first-order valence-corrected chi connectivity index (χ1v) is 7.68. The summed E-state index contributed by atoms with van der Waals surface area (Å²) in [7, 11) is -4.44. The molecule has 0 saturated carbocycles. The maximum atomic E-state index is 10.9. The molecule has 0 aromatic heterocycles. The van der Waals surface area contributed by atoms with Gasteiger partial charge in [-0.2, -0.15) is 0 Å². The predicted molar refractivity (Wildman–Crippen MR) is 42.8 cm³/mol. The van der Waals surface area contributed by atoms with Gasteiger partial charge in [0.05, 0.1) is 0 Å². The van der Waals surface area contributed by atoms with Crippen molar-refractivity contribution in [3.63, 3.8) is 0 Å². The van der Waals surface area contributed by atoms with Crippen molar-refractivity contribution in [2.45, 2.75) is 4.90 Å². The summed E-state index contributed by atoms with van der Waals surface area (Å²) in [5.41, 5.74) is -0.375. The first-order valence-electron chi connectivity index (χ1n) is 3.50. The quantitative estimate of drug-likeness (QED) is 0.529. The molecule has 0 aliphatic heterocycles. The van der Waals surface area contributed by atoms with Crippen molar-refractivity contribution in [1.29, 1.82) is 0 Å². The first kappa shape index (κ1) is 11.6. The molecule has 1 rings (SSSR count). The van der Waals surface area contributed by atoms with E-state index >= 15 is 0 Å². The molecule has 5 nitrogen and oxygen atoms in total. The Labute approximate surface area is 96.5 Å². The molecule has 0 heterocycles. The van der Waals surface area contributed by atoms with Crippen molar-refractivity contribution < 1.29 is 49.0 Å². The zero-order valence-electron chi connectivity index (χ0n) is 6.97. The van der Waals surface area contributed by atoms with Crippen LogP contribution in [0.25, 0.3) is 0 Å². The van der Waals surface area contributed by atoms with Crippen LogP contribution in [0.4, 0.5) is 0 Å². The summed E-state index contributed by atoms with van der Waals surface area (Å²) in [5, 5.41) is 8.70. The van der Waals surface area contributed by atoms with E-state index in [0.717, 1.165) is 6.07 Å². The molecule has 1 aromatic rings. The SMILES string of the molecule is O=C(O)c1ccc[c]([Hg])c1S(=O)(=O)O. The van der Waals surface area contributed by atoms with Gasteiger partial charge in [0.15, 0.2) is 0 Å². The standard InChI is InChI=1S/C7H5O5S.Hg/c8-7(9)5-3-1-2-4-6(5)13(10,11)12;/h1-3H,(H,8,9)(H,10,11,12);. The summed E-state index contributed by atoms with van der Waals surface area (Å²) in [6.45, 7) is 0. The van der Waals surface area contributed by atoms with Crippen LogP contribution < -0.4 is 3.07 Å². The van der Waals surface area contributed by atoms with Crippen LogP contribution in [-0.2, 0) is 36.2 Å². The van der Waals surface area contributed by atoms with E-state index in [4.69, 9.17) is 9.66 Å². The maximum absolute atomic E-state index is 10.9. The van der Waals surface area contributed by atoms with Gasteiger partial charge in [0.25, 0.3) is 0 Å². The molecular formula is C7H5HgO5S. The Morgan fingerprint density at radius 3 is 2.29 bits per heavy atom. The second kappa shape index (κ2) is 3.96. The van der Waals surface area contributed by atoms with Gasteiger partial charge in [0.2, 0.25) is 0 Å². The van der Waals surface area contributed by atoms with Crippen LogP contribution in [0.1, 0.15) is 10.4 Å². The molecule has 0 aliphatic rings. The monoisotopic (exact) mass is 403 g/mol. The van der Waals surface area contributed by atoms with Crippen LogP contribution in [-0.4, -0.2) is 24.0 Å². The van der Waals surface area contributed by atoms with Gasteiger partial charge in [-0.3, -0.25) is 0 Å². The molecule has 2 N–H and O–H groups in total. The second-order valence-corrected chi connectivity index (χ2v) is 6.89. The second-order valence-electron chi connectivity index (χ2n) is 2.57. The number of carboxylic acid groups (broad SMARTS) is 1. The molecule has 0 radical (unpaired) electrons. The number of carboxylic acids is 1. The molecule has 1 aromatic carbocycles. The summed E-state index contributed by atoms with van der Waals surface area (Å²) >= 11 is -0.0774. The number of hydrogen-bond acceptors (Lipinski definition) is 3. The van der Waals surface area contributed by atoms with Crippen molar-refractivity contribution in [2.24, 2.45) is 0 Å². The minimum absolute atomic E-state index is 0.0774. The third-order valence-electron chi connectivity index (χ3n) is 1.58. The van der Waals surface area contributed by atoms with E-state index < -0.39 is 21.0 Å². The van der Waals surface area contributed by atoms with Crippen molar-refractivity contribution in [2.75, 3.05) is 0 Å². The topological polar surface area (TPSA) is 91.7 Å². The Kier molecular flexibility index (Phi) is 3.28. The number of benzene rings is 1. The fourth-order valence-corrected chi connectivity index (χ4v) is 5.29. The molecule has 7 heteroatoms. The molecule has 14 heavy (non-hydrogen) atoms. The average molecular weight is 402 g/mol. The summed E-state index contributed by atoms with van der Waals surface area (Å²) < 4.78 is 31.0. The molecule has 0 fully saturated rings. The Bertz CT molecular complexity index is 479. The van der Waals surface area contributed by atoms with Gasteiger partial charge in [-0.15, -0.1) is 0 Å². The van der Waals surface area contributed by atoms with Crippen molar-refractivity contribution in [3.8, 4) is 0 Å². The molecule has 0 unspecified atom stereocenters. The van der Waals surface area contributed by atoms with Gasteiger partial charge in [0, 0.05) is 0 Å². The molecule has 0 spiro atoms. The van der Waals surface area contributed by atoms with Crippen molar-refractivity contribution >= 4 is 19.2 Å². The van der Waals surface area contributed by atoms with Crippen LogP contribution in [0.3, 0.4) is 0 Å². The van der Waals surface area contributed by atoms with E-state index in [2.05, 4.69) is 0 Å². The van der Waals surface area contributed by atoms with E-state index in [1.54, 1.807) is 0 Å². The molecule has 71 valence electrons. The normalized spacial score (nSPS) is 11.4. The van der Waals surface area contributed by atoms with Gasteiger partial charge in [-0.25, -0.2) is 0 Å². The summed E-state index contributed by atoms with van der Waals surface area (Å²) in [4.78, 5) is 10.2. The third kappa shape index (κ3) is 2.31. The summed E-state index contributed by atoms with van der Waals surface area (Å²) in [6.07, 6.45) is 0. The van der Waals surface area contributed by atoms with Gasteiger partial charge >= 0.3 is 96.8 Å². The number of rotatable bonds is 2. The summed E-state index contributed by atoms with van der Waals surface area (Å²) in [5.74, 6) is -1.36. The predicted octanol–water partition coefficient (Wildman–Crippen LogP) is -0.196. The van der Waals surface area contributed by atoms with Crippen molar-refractivity contribution in [1.82, 2.24) is 0 Å². The fourth-order valence-electron chi connectivity index (χ4n) is 1.06. The van der Waals surface area contributed by atoms with Crippen LogP contribution >= 0.6 is 0 Å². The Balaban J connectivity index is 3.62. The molecule has 0 atom stereocenters. The molecular weight excluding hydrogens is 397 g/mol. The summed E-state index contributed by atoms with van der Waals surface area (Å²) in [6, 6.07) is 4.11. The number of hydrogen-bond donors (Lipinski definition) is 2. The van der Waals surface area contributed by atoms with Gasteiger partial charge in [-0.05, 0) is 0 Å². The zero-order valence-corrected chi connectivity index (χ0v) is 13.3. The van der Waals surface area contributed by atoms with Gasteiger partial charge in [-0.1, -0.05) is 0 Å². The van der Waals surface area contributed by atoms with Crippen molar-refractivity contribution in [3.05, 3.63) is 23.8 Å². The molecule has 0 aliphatic carbocycles. The minimum atomic E-state index is -4.44. The van der Waals surface area contributed by atoms with Crippen LogP contribution in [0.15, 0.2) is 23.1 Å². The van der Waals surface area contributed by atoms with Crippen LogP contribution in [0.5, 0.6) is 0 Å². The van der Waals surface area contributed by atoms with Gasteiger partial charge < -0.3 is 0 Å². The molecule has 0 bridgehead atoms. The Morgan fingerprint density at radius 1 is 1.36 bits per heavy atom. The van der Waals surface area contributed by atoms with E-state index in [1.807, 2.05) is 0 Å². The number of aromatic carboxylic acids is 1. The fraction of sp³-hybridized carbons (Fsp3) is 0. The van der Waals surface area contributed by atoms with E-state index in [9.17, 15) is 13.2 Å². The first-order chi connectivity index (χ1) is 6.34. The third-order valence-corrected chi connectivity index (χ3v) is 5.87. The van der Waals surface area contributed by atoms with E-state index in [-0.39, 0.29) is 31.7 Å². The zero-order chi connectivity index (χ0) is 10.9. The average Bonchev–Trinajstić information content (AvgIpc) is 2.01. The van der Waals surface area contributed by atoms with Gasteiger partial charge in [0.1, 0.15) is 0 Å². The molecule has 0 saturated heterocycles. The Morgan fingerprint density at radius 2 is 1.93 bits per heavy atom.